The van der Waals surface area contributed by atoms with Gasteiger partial charge in [-0.2, -0.15) is 4.98 Å². The summed E-state index contributed by atoms with van der Waals surface area (Å²) in [7, 11) is 0. The van der Waals surface area contributed by atoms with Gasteiger partial charge in [0.2, 0.25) is 11.7 Å². The Bertz CT molecular complexity index is 859. The van der Waals surface area contributed by atoms with Crippen LogP contribution in [0.4, 0.5) is 0 Å². The highest BCUT2D eigenvalue weighted by molar-refractivity contribution is 6.30. The van der Waals surface area contributed by atoms with Crippen LogP contribution in [-0.2, 0) is 0 Å². The second kappa shape index (κ2) is 6.84. The SMILES string of the molecule is Cc1ccccc1-c1noc(C(C)NC(=O)c2ccc(Cl)cc2)n1. The molecule has 0 radical (unpaired) electrons. The Labute approximate surface area is 144 Å². The van der Waals surface area contributed by atoms with Crippen molar-refractivity contribution in [1.29, 1.82) is 0 Å². The van der Waals surface area contributed by atoms with E-state index in [0.717, 1.165) is 11.1 Å². The van der Waals surface area contributed by atoms with Crippen molar-refractivity contribution in [2.24, 2.45) is 0 Å². The topological polar surface area (TPSA) is 68.0 Å². The molecule has 0 bridgehead atoms. The Morgan fingerprint density at radius 1 is 1.17 bits per heavy atom. The smallest absolute Gasteiger partial charge is 0.251 e. The summed E-state index contributed by atoms with van der Waals surface area (Å²) in [5, 5.41) is 7.42. The fraction of sp³-hybridized carbons (Fsp3) is 0.167. The van der Waals surface area contributed by atoms with Crippen molar-refractivity contribution in [3.63, 3.8) is 0 Å². The first-order valence-corrected chi connectivity index (χ1v) is 7.88. The van der Waals surface area contributed by atoms with Gasteiger partial charge < -0.3 is 9.84 Å². The lowest BCUT2D eigenvalue weighted by atomic mass is 10.1. The molecule has 1 unspecified atom stereocenters. The van der Waals surface area contributed by atoms with Gasteiger partial charge in [-0.25, -0.2) is 0 Å². The van der Waals surface area contributed by atoms with E-state index in [9.17, 15) is 4.79 Å². The van der Waals surface area contributed by atoms with Gasteiger partial charge in [0.05, 0.1) is 0 Å². The Morgan fingerprint density at radius 3 is 2.58 bits per heavy atom. The quantitative estimate of drug-likeness (QED) is 0.772. The van der Waals surface area contributed by atoms with Crippen LogP contribution in [0.1, 0.15) is 34.8 Å². The van der Waals surface area contributed by atoms with Gasteiger partial charge in [-0.1, -0.05) is 41.0 Å². The molecule has 0 saturated heterocycles. The molecule has 1 atom stereocenters. The first-order chi connectivity index (χ1) is 11.5. The molecule has 0 aliphatic rings. The molecule has 0 spiro atoms. The van der Waals surface area contributed by atoms with E-state index in [1.165, 1.54) is 0 Å². The number of aromatic nitrogens is 2. The zero-order valence-corrected chi connectivity index (χ0v) is 14.0. The predicted molar refractivity (Wildman–Crippen MR) is 91.8 cm³/mol. The molecule has 6 heteroatoms. The molecule has 0 aliphatic carbocycles. The van der Waals surface area contributed by atoms with Gasteiger partial charge in [0.15, 0.2) is 0 Å². The number of benzene rings is 2. The van der Waals surface area contributed by atoms with Crippen molar-refractivity contribution in [1.82, 2.24) is 15.5 Å². The highest BCUT2D eigenvalue weighted by atomic mass is 35.5. The second-order valence-corrected chi connectivity index (χ2v) is 5.91. The molecule has 24 heavy (non-hydrogen) atoms. The number of halogens is 1. The number of hydrogen-bond donors (Lipinski definition) is 1. The number of aryl methyl sites for hydroxylation is 1. The van der Waals surface area contributed by atoms with E-state index in [2.05, 4.69) is 15.5 Å². The molecular weight excluding hydrogens is 326 g/mol. The summed E-state index contributed by atoms with van der Waals surface area (Å²) in [6, 6.07) is 14.1. The van der Waals surface area contributed by atoms with Crippen LogP contribution >= 0.6 is 11.6 Å². The molecule has 1 heterocycles. The average molecular weight is 342 g/mol. The zero-order valence-electron chi connectivity index (χ0n) is 13.3. The molecule has 1 aromatic heterocycles. The Morgan fingerprint density at radius 2 is 1.88 bits per heavy atom. The van der Waals surface area contributed by atoms with E-state index >= 15 is 0 Å². The number of hydrogen-bond acceptors (Lipinski definition) is 4. The number of nitrogens with one attached hydrogen (secondary N) is 1. The van der Waals surface area contributed by atoms with Crippen LogP contribution in [0.25, 0.3) is 11.4 Å². The molecule has 3 aromatic rings. The van der Waals surface area contributed by atoms with Crippen LogP contribution in [-0.4, -0.2) is 16.0 Å². The third-order valence-electron chi connectivity index (χ3n) is 3.65. The lowest BCUT2D eigenvalue weighted by Gasteiger charge is -2.09. The van der Waals surface area contributed by atoms with Gasteiger partial charge in [-0.3, -0.25) is 4.79 Å². The van der Waals surface area contributed by atoms with Crippen molar-refractivity contribution in [3.05, 3.63) is 70.6 Å². The maximum atomic E-state index is 12.2. The maximum Gasteiger partial charge on any atom is 0.251 e. The minimum atomic E-state index is -0.404. The zero-order chi connectivity index (χ0) is 17.1. The number of carbonyl (C=O) groups excluding carboxylic acids is 1. The van der Waals surface area contributed by atoms with Crippen LogP contribution in [0.5, 0.6) is 0 Å². The van der Waals surface area contributed by atoms with E-state index in [1.807, 2.05) is 31.2 Å². The molecule has 1 amide bonds. The summed E-state index contributed by atoms with van der Waals surface area (Å²) in [6.07, 6.45) is 0. The van der Waals surface area contributed by atoms with Crippen LogP contribution in [0.15, 0.2) is 53.1 Å². The first-order valence-electron chi connectivity index (χ1n) is 7.50. The lowest BCUT2D eigenvalue weighted by Crippen LogP contribution is -2.26. The second-order valence-electron chi connectivity index (χ2n) is 5.47. The van der Waals surface area contributed by atoms with Crippen molar-refractivity contribution in [2.45, 2.75) is 19.9 Å². The van der Waals surface area contributed by atoms with Crippen LogP contribution in [0.2, 0.25) is 5.02 Å². The predicted octanol–water partition coefficient (Wildman–Crippen LogP) is 4.19. The Balaban J connectivity index is 1.74. The summed E-state index contributed by atoms with van der Waals surface area (Å²) in [6.45, 7) is 3.78. The normalized spacial score (nSPS) is 12.0. The maximum absolute atomic E-state index is 12.2. The van der Waals surface area contributed by atoms with Gasteiger partial charge in [0.25, 0.3) is 5.91 Å². The summed E-state index contributed by atoms with van der Waals surface area (Å²) >= 11 is 5.83. The summed E-state index contributed by atoms with van der Waals surface area (Å²) in [4.78, 5) is 16.6. The molecule has 0 aliphatic heterocycles. The van der Waals surface area contributed by atoms with Crippen LogP contribution in [0.3, 0.4) is 0 Å². The molecule has 3 rings (SSSR count). The monoisotopic (exact) mass is 341 g/mol. The van der Waals surface area contributed by atoms with Crippen LogP contribution < -0.4 is 5.32 Å². The van der Waals surface area contributed by atoms with E-state index < -0.39 is 6.04 Å². The van der Waals surface area contributed by atoms with Crippen molar-refractivity contribution >= 4 is 17.5 Å². The average Bonchev–Trinajstić information content (AvgIpc) is 3.05. The fourth-order valence-corrected chi connectivity index (χ4v) is 2.41. The van der Waals surface area contributed by atoms with Crippen molar-refractivity contribution in [2.75, 3.05) is 0 Å². The minimum Gasteiger partial charge on any atom is -0.341 e. The standard InChI is InChI=1S/C18H16ClN3O2/c1-11-5-3-4-6-15(11)16-21-18(24-22-16)12(2)20-17(23)13-7-9-14(19)10-8-13/h3-10,12H,1-2H3,(H,20,23). The van der Waals surface area contributed by atoms with E-state index in [-0.39, 0.29) is 5.91 Å². The highest BCUT2D eigenvalue weighted by Crippen LogP contribution is 2.22. The molecule has 122 valence electrons. The van der Waals surface area contributed by atoms with Gasteiger partial charge in [-0.15, -0.1) is 0 Å². The molecular formula is C18H16ClN3O2. The van der Waals surface area contributed by atoms with Gasteiger partial charge in [0, 0.05) is 16.1 Å². The third-order valence-corrected chi connectivity index (χ3v) is 3.90. The first kappa shape index (κ1) is 16.2. The Kier molecular flexibility index (Phi) is 4.62. The van der Waals surface area contributed by atoms with Gasteiger partial charge in [-0.05, 0) is 43.7 Å². The number of carbonyl (C=O) groups is 1. The van der Waals surface area contributed by atoms with Gasteiger partial charge >= 0.3 is 0 Å². The number of amides is 1. The largest absolute Gasteiger partial charge is 0.341 e. The molecule has 0 fully saturated rings. The lowest BCUT2D eigenvalue weighted by molar-refractivity contribution is 0.0932. The van der Waals surface area contributed by atoms with E-state index in [0.29, 0.717) is 22.3 Å². The number of nitrogens with zero attached hydrogens (tertiary/aromatic N) is 2. The molecule has 1 N–H and O–H groups in total. The minimum absolute atomic E-state index is 0.227. The van der Waals surface area contributed by atoms with E-state index in [1.54, 1.807) is 31.2 Å². The highest BCUT2D eigenvalue weighted by Gasteiger charge is 2.18. The summed E-state index contributed by atoms with van der Waals surface area (Å²) in [5.41, 5.74) is 2.48. The molecule has 5 nitrogen and oxygen atoms in total. The van der Waals surface area contributed by atoms with Crippen molar-refractivity contribution < 1.29 is 9.32 Å². The molecule has 0 saturated carbocycles. The van der Waals surface area contributed by atoms with Gasteiger partial charge in [0.1, 0.15) is 6.04 Å². The van der Waals surface area contributed by atoms with Crippen molar-refractivity contribution in [3.8, 4) is 11.4 Å². The van der Waals surface area contributed by atoms with Crippen LogP contribution in [0, 0.1) is 6.92 Å². The third kappa shape index (κ3) is 3.46. The summed E-state index contributed by atoms with van der Waals surface area (Å²) < 4.78 is 5.29. The fourth-order valence-electron chi connectivity index (χ4n) is 2.29. The summed E-state index contributed by atoms with van der Waals surface area (Å²) in [5.74, 6) is 0.640. The number of rotatable bonds is 4. The Hall–Kier alpha value is -2.66. The molecule has 2 aromatic carbocycles. The van der Waals surface area contributed by atoms with E-state index in [4.69, 9.17) is 16.1 Å².